The second-order valence-corrected chi connectivity index (χ2v) is 18.1. The van der Waals surface area contributed by atoms with Gasteiger partial charge < -0.3 is 28.8 Å². The zero-order valence-corrected chi connectivity index (χ0v) is 28.7. The molecule has 0 bridgehead atoms. The minimum atomic E-state index is -1.13. The maximum Gasteiger partial charge on any atom is 0.303 e. The van der Waals surface area contributed by atoms with E-state index in [-0.39, 0.29) is 36.0 Å². The molecule has 45 heavy (non-hydrogen) atoms. The highest BCUT2D eigenvalue weighted by Gasteiger charge is 2.80. The zero-order valence-electron chi connectivity index (χ0n) is 28.7. The SMILES string of the molecule is CC(=O)O[C@@H](C1CCC2C(CC3C4CCC5C(C)(C)[C@@H](OC6CN(C7COC7)CCO6)CCC56C[C@@]46CCC23C)O1)C(C)(C)O. The Morgan fingerprint density at radius 2 is 1.76 bits per heavy atom. The van der Waals surface area contributed by atoms with Crippen LogP contribution in [-0.4, -0.2) is 91.2 Å². The zero-order chi connectivity index (χ0) is 31.6. The molecule has 8 nitrogen and oxygen atoms in total. The number of hydrogen-bond acceptors (Lipinski definition) is 8. The summed E-state index contributed by atoms with van der Waals surface area (Å²) in [6.45, 7) is 16.8. The van der Waals surface area contributed by atoms with Gasteiger partial charge in [-0.15, -0.1) is 0 Å². The quantitative estimate of drug-likeness (QED) is 0.395. The summed E-state index contributed by atoms with van der Waals surface area (Å²) in [6.07, 6.45) is 11.7. The van der Waals surface area contributed by atoms with E-state index in [1.807, 2.05) is 0 Å². The summed E-state index contributed by atoms with van der Waals surface area (Å²) < 4.78 is 31.1. The number of ether oxygens (including phenoxy) is 5. The fourth-order valence-corrected chi connectivity index (χ4v) is 13.2. The van der Waals surface area contributed by atoms with Crippen molar-refractivity contribution in [2.24, 2.45) is 45.3 Å². The number of aliphatic hydroxyl groups is 1. The number of morpholine rings is 1. The predicted molar refractivity (Wildman–Crippen MR) is 168 cm³/mol. The lowest BCUT2D eigenvalue weighted by molar-refractivity contribution is -0.253. The summed E-state index contributed by atoms with van der Waals surface area (Å²) in [5.74, 6) is 2.41. The molecular formula is C37H59NO7. The summed E-state index contributed by atoms with van der Waals surface area (Å²) in [6, 6.07) is 0.536. The van der Waals surface area contributed by atoms with E-state index in [1.54, 1.807) is 13.8 Å². The van der Waals surface area contributed by atoms with Crippen LogP contribution in [0.2, 0.25) is 0 Å². The minimum Gasteiger partial charge on any atom is -0.457 e. The van der Waals surface area contributed by atoms with Crippen molar-refractivity contribution in [3.05, 3.63) is 0 Å². The highest BCUT2D eigenvalue weighted by molar-refractivity contribution is 5.66. The molecule has 8 aliphatic rings. The fraction of sp³-hybridized carbons (Fsp3) is 0.973. The van der Waals surface area contributed by atoms with Crippen LogP contribution in [0.1, 0.15) is 106 Å². The molecule has 1 N–H and O–H groups in total. The summed E-state index contributed by atoms with van der Waals surface area (Å²) in [4.78, 5) is 14.5. The topological polar surface area (TPSA) is 86.7 Å². The van der Waals surface area contributed by atoms with Gasteiger partial charge in [0.25, 0.3) is 0 Å². The van der Waals surface area contributed by atoms with Gasteiger partial charge in [0.2, 0.25) is 0 Å². The van der Waals surface area contributed by atoms with Crippen molar-refractivity contribution in [2.75, 3.05) is 32.9 Å². The molecule has 5 aliphatic carbocycles. The van der Waals surface area contributed by atoms with Gasteiger partial charge in [0.15, 0.2) is 12.4 Å². The largest absolute Gasteiger partial charge is 0.457 e. The third-order valence-electron chi connectivity index (χ3n) is 15.4. The van der Waals surface area contributed by atoms with E-state index in [1.165, 1.54) is 45.4 Å². The van der Waals surface area contributed by atoms with Gasteiger partial charge in [-0.05, 0) is 123 Å². The maximum atomic E-state index is 11.9. The van der Waals surface area contributed by atoms with Crippen LogP contribution in [-0.2, 0) is 28.5 Å². The van der Waals surface area contributed by atoms with Gasteiger partial charge in [-0.1, -0.05) is 20.8 Å². The molecule has 3 aliphatic heterocycles. The van der Waals surface area contributed by atoms with Crippen LogP contribution in [0.25, 0.3) is 0 Å². The summed E-state index contributed by atoms with van der Waals surface area (Å²) in [7, 11) is 0. The molecule has 2 spiro atoms. The highest BCUT2D eigenvalue weighted by atomic mass is 16.7. The maximum absolute atomic E-state index is 11.9. The number of nitrogens with zero attached hydrogens (tertiary/aromatic N) is 1. The third-order valence-corrected chi connectivity index (χ3v) is 15.4. The average molecular weight is 630 g/mol. The summed E-state index contributed by atoms with van der Waals surface area (Å²) in [5, 5.41) is 10.9. The normalized spacial score (nSPS) is 49.8. The van der Waals surface area contributed by atoms with Crippen LogP contribution in [0.4, 0.5) is 0 Å². The molecule has 9 unspecified atom stereocenters. The van der Waals surface area contributed by atoms with Crippen molar-refractivity contribution in [1.82, 2.24) is 4.90 Å². The number of rotatable bonds is 6. The molecule has 12 atom stereocenters. The molecule has 0 aromatic carbocycles. The third kappa shape index (κ3) is 4.69. The average Bonchev–Trinajstić information content (AvgIpc) is 3.52. The van der Waals surface area contributed by atoms with Gasteiger partial charge in [0.1, 0.15) is 0 Å². The van der Waals surface area contributed by atoms with Gasteiger partial charge in [-0.25, -0.2) is 0 Å². The predicted octanol–water partition coefficient (Wildman–Crippen LogP) is 5.34. The second kappa shape index (κ2) is 10.6. The van der Waals surface area contributed by atoms with E-state index < -0.39 is 11.7 Å². The van der Waals surface area contributed by atoms with Crippen LogP contribution in [0, 0.1) is 45.3 Å². The number of hydrogen-bond donors (Lipinski definition) is 1. The summed E-state index contributed by atoms with van der Waals surface area (Å²) >= 11 is 0. The van der Waals surface area contributed by atoms with E-state index in [2.05, 4.69) is 25.7 Å². The molecule has 0 aromatic rings. The molecule has 0 aromatic heterocycles. The Morgan fingerprint density at radius 1 is 0.978 bits per heavy atom. The van der Waals surface area contributed by atoms with Gasteiger partial charge in [0.05, 0.1) is 56.3 Å². The molecule has 3 saturated heterocycles. The van der Waals surface area contributed by atoms with Crippen LogP contribution in [0.3, 0.4) is 0 Å². The Morgan fingerprint density at radius 3 is 2.47 bits per heavy atom. The van der Waals surface area contributed by atoms with E-state index in [0.29, 0.717) is 40.0 Å². The molecule has 8 fully saturated rings. The Labute approximate surface area is 270 Å². The van der Waals surface area contributed by atoms with Crippen molar-refractivity contribution in [2.45, 2.75) is 148 Å². The Hall–Kier alpha value is -0.770. The highest BCUT2D eigenvalue weighted by Crippen LogP contribution is 2.87. The molecule has 0 amide bonds. The van der Waals surface area contributed by atoms with Crippen LogP contribution < -0.4 is 0 Å². The smallest absolute Gasteiger partial charge is 0.303 e. The Balaban J connectivity index is 0.967. The Bertz CT molecular complexity index is 1170. The first kappa shape index (κ1) is 31.5. The molecule has 0 radical (unpaired) electrons. The number of carbonyl (C=O) groups excluding carboxylic acids is 1. The van der Waals surface area contributed by atoms with Crippen molar-refractivity contribution in [1.29, 1.82) is 0 Å². The number of esters is 1. The molecule has 5 saturated carbocycles. The van der Waals surface area contributed by atoms with Crippen molar-refractivity contribution < 1.29 is 33.6 Å². The van der Waals surface area contributed by atoms with Crippen molar-refractivity contribution in [3.63, 3.8) is 0 Å². The first-order valence-electron chi connectivity index (χ1n) is 18.4. The van der Waals surface area contributed by atoms with Crippen molar-refractivity contribution in [3.8, 4) is 0 Å². The monoisotopic (exact) mass is 629 g/mol. The lowest BCUT2D eigenvalue weighted by Gasteiger charge is -2.60. The first-order chi connectivity index (χ1) is 21.3. The Kier molecular flexibility index (Phi) is 7.43. The first-order valence-corrected chi connectivity index (χ1v) is 18.4. The molecular weight excluding hydrogens is 570 g/mol. The van der Waals surface area contributed by atoms with Crippen molar-refractivity contribution >= 4 is 5.97 Å². The molecule has 8 heteroatoms. The number of fused-ring (bicyclic) bond motifs is 4. The van der Waals surface area contributed by atoms with Gasteiger partial charge in [0, 0.05) is 13.5 Å². The fourth-order valence-electron chi connectivity index (χ4n) is 13.2. The minimum absolute atomic E-state index is 0.125. The second-order valence-electron chi connectivity index (χ2n) is 18.1. The van der Waals surface area contributed by atoms with E-state index in [9.17, 15) is 9.90 Å². The standard InChI is InChI=1S/C37H59NO7/c1-22(39)43-32(34(4,5)40)27-9-7-25-28(44-27)17-26-24-8-10-29-33(2,3)30(45-31-18-38(15-16-42-31)23-19-41-20-23)11-12-37(29)21-36(24,37)14-13-35(25,26)6/h23-32,40H,7-21H2,1-6H3/t24?,25?,26?,27?,28?,29?,30-,31?,32-,35?,36-,37?/m0/s1. The number of carbonyl (C=O) groups is 1. The van der Waals surface area contributed by atoms with Crippen LogP contribution >= 0.6 is 0 Å². The van der Waals surface area contributed by atoms with E-state index in [0.717, 1.165) is 64.5 Å². The summed E-state index contributed by atoms with van der Waals surface area (Å²) in [5.41, 5.74) is 0.290. The molecule has 8 rings (SSSR count). The lowest BCUT2D eigenvalue weighted by Crippen LogP contribution is -2.58. The van der Waals surface area contributed by atoms with Gasteiger partial charge >= 0.3 is 5.97 Å². The van der Waals surface area contributed by atoms with Crippen LogP contribution in [0.15, 0.2) is 0 Å². The lowest BCUT2D eigenvalue weighted by atomic mass is 9.46. The molecule has 254 valence electrons. The van der Waals surface area contributed by atoms with Crippen LogP contribution in [0.5, 0.6) is 0 Å². The van der Waals surface area contributed by atoms with Gasteiger partial charge in [-0.2, -0.15) is 0 Å². The van der Waals surface area contributed by atoms with E-state index in [4.69, 9.17) is 23.7 Å². The molecule has 3 heterocycles. The van der Waals surface area contributed by atoms with E-state index >= 15 is 0 Å². The van der Waals surface area contributed by atoms with Gasteiger partial charge in [-0.3, -0.25) is 9.69 Å².